The Bertz CT molecular complexity index is 640. The molecule has 0 spiro atoms. The van der Waals surface area contributed by atoms with Crippen molar-refractivity contribution >= 4 is 5.69 Å². The highest BCUT2D eigenvalue weighted by molar-refractivity contribution is 5.45. The van der Waals surface area contributed by atoms with E-state index in [0.717, 1.165) is 17.5 Å². The second-order valence-electron chi connectivity index (χ2n) is 5.37. The maximum atomic E-state index is 11.1. The van der Waals surface area contributed by atoms with Gasteiger partial charge < -0.3 is 5.73 Å². The molecule has 2 rings (SSSR count). The predicted molar refractivity (Wildman–Crippen MR) is 84.1 cm³/mol. The topological polar surface area (TPSA) is 69.2 Å². The molecule has 4 nitrogen and oxygen atoms in total. The Hall–Kier alpha value is -2.20. The van der Waals surface area contributed by atoms with Crippen LogP contribution in [0.4, 0.5) is 5.69 Å². The van der Waals surface area contributed by atoms with Crippen molar-refractivity contribution in [2.45, 2.75) is 32.2 Å². The first kappa shape index (κ1) is 15.2. The van der Waals surface area contributed by atoms with Gasteiger partial charge in [0.1, 0.15) is 0 Å². The van der Waals surface area contributed by atoms with Gasteiger partial charge in [-0.25, -0.2) is 0 Å². The van der Waals surface area contributed by atoms with E-state index in [1.165, 1.54) is 6.07 Å². The fourth-order valence-electron chi connectivity index (χ4n) is 2.60. The zero-order chi connectivity index (χ0) is 15.5. The van der Waals surface area contributed by atoms with Gasteiger partial charge in [0.2, 0.25) is 0 Å². The van der Waals surface area contributed by atoms with Crippen LogP contribution in [0.5, 0.6) is 0 Å². The molecule has 0 saturated carbocycles. The summed E-state index contributed by atoms with van der Waals surface area (Å²) in [4.78, 5) is 10.7. The zero-order valence-corrected chi connectivity index (χ0v) is 12.4. The third kappa shape index (κ3) is 3.11. The Kier molecular flexibility index (Phi) is 4.38. The molecule has 2 N–H and O–H groups in total. The molecule has 0 aromatic heterocycles. The summed E-state index contributed by atoms with van der Waals surface area (Å²) in [6.07, 6.45) is 1.35. The number of nitro benzene ring substituents is 1. The largest absolute Gasteiger partial charge is 0.321 e. The number of nitrogens with zero attached hydrogens (tertiary/aromatic N) is 1. The summed E-state index contributed by atoms with van der Waals surface area (Å²) in [7, 11) is 0. The standard InChI is InChI=1S/C17H20N2O2/c1-3-17(18,15-9-5-4-6-10-15)12-14-8-7-11-16(13(14)2)19(20)21/h4-11H,3,12,18H2,1-2H3. The first-order valence-electron chi connectivity index (χ1n) is 7.05. The van der Waals surface area contributed by atoms with E-state index in [1.54, 1.807) is 13.0 Å². The highest BCUT2D eigenvalue weighted by Gasteiger charge is 2.27. The molecule has 110 valence electrons. The average molecular weight is 284 g/mol. The van der Waals surface area contributed by atoms with Crippen molar-refractivity contribution in [1.29, 1.82) is 0 Å². The fraction of sp³-hybridized carbons (Fsp3) is 0.294. The van der Waals surface area contributed by atoms with Gasteiger partial charge in [-0.2, -0.15) is 0 Å². The van der Waals surface area contributed by atoms with E-state index in [1.807, 2.05) is 43.3 Å². The number of nitrogens with two attached hydrogens (primary N) is 1. The first-order chi connectivity index (χ1) is 9.98. The number of rotatable bonds is 5. The summed E-state index contributed by atoms with van der Waals surface area (Å²) >= 11 is 0. The van der Waals surface area contributed by atoms with Crippen molar-refractivity contribution in [3.8, 4) is 0 Å². The summed E-state index contributed by atoms with van der Waals surface area (Å²) in [6.45, 7) is 3.83. The SMILES string of the molecule is CCC(N)(Cc1cccc([N+](=O)[O-])c1C)c1ccccc1. The van der Waals surface area contributed by atoms with E-state index >= 15 is 0 Å². The Balaban J connectivity index is 2.40. The van der Waals surface area contributed by atoms with Crippen LogP contribution >= 0.6 is 0 Å². The van der Waals surface area contributed by atoms with Crippen LogP contribution in [-0.2, 0) is 12.0 Å². The molecule has 0 aliphatic rings. The quantitative estimate of drug-likeness (QED) is 0.672. The van der Waals surface area contributed by atoms with Crippen molar-refractivity contribution in [3.63, 3.8) is 0 Å². The minimum Gasteiger partial charge on any atom is -0.321 e. The zero-order valence-electron chi connectivity index (χ0n) is 12.4. The molecule has 0 bridgehead atoms. The maximum Gasteiger partial charge on any atom is 0.272 e. The molecule has 21 heavy (non-hydrogen) atoms. The Morgan fingerprint density at radius 1 is 1.14 bits per heavy atom. The van der Waals surface area contributed by atoms with Gasteiger partial charge in [0.05, 0.1) is 4.92 Å². The second-order valence-corrected chi connectivity index (χ2v) is 5.37. The molecule has 0 amide bonds. The van der Waals surface area contributed by atoms with Crippen LogP contribution in [0.2, 0.25) is 0 Å². The minimum absolute atomic E-state index is 0.152. The number of hydrogen-bond donors (Lipinski definition) is 1. The van der Waals surface area contributed by atoms with E-state index < -0.39 is 5.54 Å². The molecule has 0 aliphatic heterocycles. The molecule has 0 aliphatic carbocycles. The molecule has 4 heteroatoms. The van der Waals surface area contributed by atoms with Gasteiger partial charge in [-0.15, -0.1) is 0 Å². The van der Waals surface area contributed by atoms with Gasteiger partial charge in [0.25, 0.3) is 5.69 Å². The molecule has 2 aromatic carbocycles. The molecule has 1 unspecified atom stereocenters. The van der Waals surface area contributed by atoms with Gasteiger partial charge >= 0.3 is 0 Å². The lowest BCUT2D eigenvalue weighted by Gasteiger charge is -2.29. The van der Waals surface area contributed by atoms with E-state index in [0.29, 0.717) is 12.0 Å². The molecule has 0 fully saturated rings. The van der Waals surface area contributed by atoms with Crippen LogP contribution in [0, 0.1) is 17.0 Å². The Labute approximate surface area is 124 Å². The van der Waals surface area contributed by atoms with Crippen LogP contribution in [0.25, 0.3) is 0 Å². The van der Waals surface area contributed by atoms with E-state index in [4.69, 9.17) is 5.73 Å². The summed E-state index contributed by atoms with van der Waals surface area (Å²) in [5.41, 5.74) is 8.89. The average Bonchev–Trinajstić information content (AvgIpc) is 2.50. The number of benzene rings is 2. The van der Waals surface area contributed by atoms with Crippen molar-refractivity contribution in [1.82, 2.24) is 0 Å². The summed E-state index contributed by atoms with van der Waals surface area (Å²) in [5, 5.41) is 11.1. The van der Waals surface area contributed by atoms with Crippen molar-refractivity contribution in [2.24, 2.45) is 5.73 Å². The highest BCUT2D eigenvalue weighted by Crippen LogP contribution is 2.30. The molecule has 0 heterocycles. The molecular formula is C17H20N2O2. The Morgan fingerprint density at radius 3 is 2.38 bits per heavy atom. The van der Waals surface area contributed by atoms with Crippen molar-refractivity contribution in [3.05, 3.63) is 75.3 Å². The molecule has 0 saturated heterocycles. The van der Waals surface area contributed by atoms with Crippen LogP contribution < -0.4 is 5.73 Å². The minimum atomic E-state index is -0.513. The van der Waals surface area contributed by atoms with Crippen LogP contribution in [0.1, 0.15) is 30.0 Å². The van der Waals surface area contributed by atoms with Crippen molar-refractivity contribution in [2.75, 3.05) is 0 Å². The van der Waals surface area contributed by atoms with E-state index in [9.17, 15) is 10.1 Å². The smallest absolute Gasteiger partial charge is 0.272 e. The van der Waals surface area contributed by atoms with Gasteiger partial charge in [-0.3, -0.25) is 10.1 Å². The van der Waals surface area contributed by atoms with Gasteiger partial charge in [0, 0.05) is 17.2 Å². The van der Waals surface area contributed by atoms with E-state index in [2.05, 4.69) is 0 Å². The highest BCUT2D eigenvalue weighted by atomic mass is 16.6. The third-order valence-electron chi connectivity index (χ3n) is 4.10. The third-order valence-corrected chi connectivity index (χ3v) is 4.10. The second kappa shape index (κ2) is 6.06. The summed E-state index contributed by atoms with van der Waals surface area (Å²) in [5.74, 6) is 0. The Morgan fingerprint density at radius 2 is 1.81 bits per heavy atom. The van der Waals surface area contributed by atoms with Gasteiger partial charge in [-0.1, -0.05) is 49.4 Å². The van der Waals surface area contributed by atoms with Gasteiger partial charge in [-0.05, 0) is 30.9 Å². The predicted octanol–water partition coefficient (Wildman–Crippen LogP) is 3.71. The summed E-state index contributed by atoms with van der Waals surface area (Å²) < 4.78 is 0. The monoisotopic (exact) mass is 284 g/mol. The van der Waals surface area contributed by atoms with Crippen molar-refractivity contribution < 1.29 is 4.92 Å². The molecule has 1 atom stereocenters. The van der Waals surface area contributed by atoms with Crippen LogP contribution in [0.3, 0.4) is 0 Å². The summed E-state index contributed by atoms with van der Waals surface area (Å²) in [6, 6.07) is 15.1. The molecule has 2 aromatic rings. The van der Waals surface area contributed by atoms with Crippen LogP contribution in [0.15, 0.2) is 48.5 Å². The lowest BCUT2D eigenvalue weighted by molar-refractivity contribution is -0.385. The fourth-order valence-corrected chi connectivity index (χ4v) is 2.60. The van der Waals surface area contributed by atoms with E-state index in [-0.39, 0.29) is 10.6 Å². The number of nitro groups is 1. The van der Waals surface area contributed by atoms with Gasteiger partial charge in [0.15, 0.2) is 0 Å². The lowest BCUT2D eigenvalue weighted by atomic mass is 9.81. The molecule has 0 radical (unpaired) electrons. The number of hydrogen-bond acceptors (Lipinski definition) is 3. The lowest BCUT2D eigenvalue weighted by Crippen LogP contribution is -2.38. The van der Waals surface area contributed by atoms with Crippen LogP contribution in [-0.4, -0.2) is 4.92 Å². The first-order valence-corrected chi connectivity index (χ1v) is 7.05. The normalized spacial score (nSPS) is 13.7. The maximum absolute atomic E-state index is 11.1. The molecular weight excluding hydrogens is 264 g/mol.